The normalized spacial score (nSPS) is 11.0. The fourth-order valence-corrected chi connectivity index (χ4v) is 5.44. The van der Waals surface area contributed by atoms with Crippen molar-refractivity contribution >= 4 is 44.3 Å². The summed E-state index contributed by atoms with van der Waals surface area (Å²) in [6.07, 6.45) is 9.85. The zero-order valence-corrected chi connectivity index (χ0v) is 25.7. The van der Waals surface area contributed by atoms with Crippen LogP contribution in [-0.4, -0.2) is 0 Å². The molecule has 0 unspecified atom stereocenters. The van der Waals surface area contributed by atoms with Crippen LogP contribution in [0.4, 0.5) is 22.7 Å². The summed E-state index contributed by atoms with van der Waals surface area (Å²) in [5, 5.41) is 8.46. The zero-order chi connectivity index (χ0) is 31.4. The van der Waals surface area contributed by atoms with E-state index >= 15 is 0 Å². The topological polar surface area (TPSA) is 15.3 Å². The first-order valence-electron chi connectivity index (χ1n) is 15.5. The number of nitrogens with zero attached hydrogens (tertiary/aromatic N) is 1. The van der Waals surface area contributed by atoms with Gasteiger partial charge in [0.25, 0.3) is 0 Å². The molecule has 0 saturated carbocycles. The van der Waals surface area contributed by atoms with E-state index in [1.807, 2.05) is 54.6 Å². The van der Waals surface area contributed by atoms with E-state index in [0.717, 1.165) is 22.7 Å². The van der Waals surface area contributed by atoms with Crippen LogP contribution in [-0.2, 0) is 0 Å². The Hall–Kier alpha value is -6.12. The maximum absolute atomic E-state index is 3.77. The third-order valence-electron chi connectivity index (χ3n) is 7.72. The first kappa shape index (κ1) is 29.9. The molecule has 0 radical (unpaired) electrons. The van der Waals surface area contributed by atoms with Gasteiger partial charge in [-0.15, -0.1) is 0 Å². The highest BCUT2D eigenvalue weighted by atomic mass is 15.1. The van der Waals surface area contributed by atoms with Gasteiger partial charge in [0.1, 0.15) is 0 Å². The number of fused-ring (bicyclic) bond motifs is 2. The van der Waals surface area contributed by atoms with Crippen molar-refractivity contribution in [3.05, 3.63) is 207 Å². The predicted octanol–water partition coefficient (Wildman–Crippen LogP) is 12.5. The molecule has 0 aromatic heterocycles. The van der Waals surface area contributed by atoms with Crippen LogP contribution in [0.25, 0.3) is 32.7 Å². The Labute approximate surface area is 271 Å². The highest BCUT2D eigenvalue weighted by Gasteiger charge is 2.11. The summed E-state index contributed by atoms with van der Waals surface area (Å²) in [6, 6.07) is 59.1. The smallest absolute Gasteiger partial charge is 0.0533 e. The van der Waals surface area contributed by atoms with Gasteiger partial charge in [-0.2, -0.15) is 0 Å². The molecule has 0 saturated heterocycles. The second-order valence-electron chi connectivity index (χ2n) is 10.8. The lowest BCUT2D eigenvalue weighted by Gasteiger charge is -2.23. The first-order valence-corrected chi connectivity index (χ1v) is 15.5. The highest BCUT2D eigenvalue weighted by Crippen LogP contribution is 2.34. The predicted molar refractivity (Wildman–Crippen MR) is 200 cm³/mol. The minimum absolute atomic E-state index is 1.07. The molecule has 0 aliphatic carbocycles. The summed E-state index contributed by atoms with van der Waals surface area (Å²) in [4.78, 5) is 2.23. The molecule has 0 amide bonds. The molecule has 0 aliphatic rings. The van der Waals surface area contributed by atoms with E-state index in [0.29, 0.717) is 0 Å². The van der Waals surface area contributed by atoms with Crippen LogP contribution in [0.3, 0.4) is 0 Å². The Morgan fingerprint density at radius 2 is 1.00 bits per heavy atom. The number of benzene rings is 7. The average molecular weight is 593 g/mol. The molecule has 0 heterocycles. The van der Waals surface area contributed by atoms with E-state index in [4.69, 9.17) is 0 Å². The quantitative estimate of drug-likeness (QED) is 0.177. The van der Waals surface area contributed by atoms with Crippen molar-refractivity contribution in [2.75, 3.05) is 10.2 Å². The Morgan fingerprint density at radius 3 is 1.65 bits per heavy atom. The number of rotatable bonds is 8. The molecule has 2 nitrogen and oxygen atoms in total. The van der Waals surface area contributed by atoms with Crippen molar-refractivity contribution in [3.8, 4) is 11.1 Å². The second-order valence-corrected chi connectivity index (χ2v) is 10.8. The van der Waals surface area contributed by atoms with E-state index in [2.05, 4.69) is 156 Å². The molecule has 0 atom stereocenters. The molecule has 7 rings (SSSR count). The molecule has 1 N–H and O–H groups in total. The van der Waals surface area contributed by atoms with Crippen LogP contribution >= 0.6 is 0 Å². The van der Waals surface area contributed by atoms with E-state index in [9.17, 15) is 0 Å². The lowest BCUT2D eigenvalue weighted by Crippen LogP contribution is -2.08. The molecule has 7 aromatic rings. The van der Waals surface area contributed by atoms with Crippen LogP contribution in [0.1, 0.15) is 0 Å². The number of allylic oxidation sites excluding steroid dienone is 4. The van der Waals surface area contributed by atoms with Gasteiger partial charge < -0.3 is 10.2 Å². The number of nitrogens with one attached hydrogen (secondary N) is 1. The van der Waals surface area contributed by atoms with Crippen LogP contribution < -0.4 is 10.2 Å². The monoisotopic (exact) mass is 592 g/mol. The third-order valence-corrected chi connectivity index (χ3v) is 7.72. The molecule has 0 fully saturated rings. The van der Waals surface area contributed by atoms with Crippen molar-refractivity contribution in [2.45, 2.75) is 0 Å². The Kier molecular flexibility index (Phi) is 9.79. The highest BCUT2D eigenvalue weighted by molar-refractivity contribution is 5.97. The number of anilines is 4. The van der Waals surface area contributed by atoms with Crippen molar-refractivity contribution < 1.29 is 0 Å². The summed E-state index contributed by atoms with van der Waals surface area (Å²) >= 11 is 0. The van der Waals surface area contributed by atoms with Gasteiger partial charge in [-0.1, -0.05) is 158 Å². The molecule has 46 heavy (non-hydrogen) atoms. The zero-order valence-electron chi connectivity index (χ0n) is 25.7. The Morgan fingerprint density at radius 1 is 0.457 bits per heavy atom. The van der Waals surface area contributed by atoms with Crippen molar-refractivity contribution in [1.29, 1.82) is 0 Å². The number of hydrogen-bond acceptors (Lipinski definition) is 2. The largest absolute Gasteiger partial charge is 0.355 e. The van der Waals surface area contributed by atoms with Gasteiger partial charge in [0.05, 0.1) is 5.69 Å². The molecule has 2 heteroatoms. The van der Waals surface area contributed by atoms with E-state index in [1.165, 1.54) is 32.7 Å². The maximum Gasteiger partial charge on any atom is 0.0533 e. The van der Waals surface area contributed by atoms with Crippen LogP contribution in [0.2, 0.25) is 0 Å². The summed E-state index contributed by atoms with van der Waals surface area (Å²) in [7, 11) is 0. The summed E-state index contributed by atoms with van der Waals surface area (Å²) in [5.74, 6) is 0. The van der Waals surface area contributed by atoms with Gasteiger partial charge in [0.2, 0.25) is 0 Å². The Balaban J connectivity index is 0.000000557. The summed E-state index contributed by atoms with van der Waals surface area (Å²) < 4.78 is 0. The van der Waals surface area contributed by atoms with Crippen molar-refractivity contribution in [3.63, 3.8) is 0 Å². The van der Waals surface area contributed by atoms with Crippen molar-refractivity contribution in [2.24, 2.45) is 0 Å². The molecule has 0 bridgehead atoms. The lowest BCUT2D eigenvalue weighted by molar-refractivity contribution is 1.30. The third kappa shape index (κ3) is 7.32. The van der Waals surface area contributed by atoms with E-state index in [-0.39, 0.29) is 0 Å². The van der Waals surface area contributed by atoms with Crippen LogP contribution in [0, 0.1) is 0 Å². The molecule has 222 valence electrons. The van der Waals surface area contributed by atoms with Crippen LogP contribution in [0.5, 0.6) is 0 Å². The van der Waals surface area contributed by atoms with Crippen LogP contribution in [0.15, 0.2) is 207 Å². The van der Waals surface area contributed by atoms with Crippen molar-refractivity contribution in [1.82, 2.24) is 0 Å². The summed E-state index contributed by atoms with van der Waals surface area (Å²) in [6.45, 7) is 3.77. The minimum atomic E-state index is 1.07. The fourth-order valence-electron chi connectivity index (χ4n) is 5.44. The van der Waals surface area contributed by atoms with Gasteiger partial charge in [-0.05, 0) is 64.4 Å². The first-order chi connectivity index (χ1) is 22.8. The van der Waals surface area contributed by atoms with Gasteiger partial charge in [-0.25, -0.2) is 0 Å². The second kappa shape index (κ2) is 15.1. The van der Waals surface area contributed by atoms with Gasteiger partial charge in [-0.3, -0.25) is 0 Å². The van der Waals surface area contributed by atoms with Gasteiger partial charge >= 0.3 is 0 Å². The number of hydrogen-bond donors (Lipinski definition) is 1. The molecule has 7 aromatic carbocycles. The SMILES string of the molecule is C=C/C=C\C=C/N(c1ccc(-c2ccc(Nc3cccc4ccccc34)cc2)cc1)c1cccc2ccccc12.c1ccccc1. The average Bonchev–Trinajstić information content (AvgIpc) is 3.13. The standard InChI is InChI=1S/C38H30N2.C6H6/c1-2-3-4-9-28-40(38-19-11-15-32-13-6-8-17-36(32)38)34-26-22-30(23-27-34)29-20-24-33(25-21-29)39-37-18-10-14-31-12-5-7-16-35(31)37;1-2-4-6-5-3-1/h2-28,39H,1H2;1-6H/b4-3-,28-9-;. The minimum Gasteiger partial charge on any atom is -0.355 e. The fraction of sp³-hybridized carbons (Fsp3) is 0. The maximum atomic E-state index is 3.77. The summed E-state index contributed by atoms with van der Waals surface area (Å²) in [5.41, 5.74) is 6.76. The van der Waals surface area contributed by atoms with E-state index < -0.39 is 0 Å². The molecule has 0 spiro atoms. The molecular formula is C44H36N2. The lowest BCUT2D eigenvalue weighted by atomic mass is 10.0. The Bertz CT molecular complexity index is 2040. The van der Waals surface area contributed by atoms with E-state index in [1.54, 1.807) is 6.08 Å². The van der Waals surface area contributed by atoms with Gasteiger partial charge in [0.15, 0.2) is 0 Å². The van der Waals surface area contributed by atoms with Gasteiger partial charge in [0, 0.05) is 34.0 Å². The molecule has 0 aliphatic heterocycles. The molecular weight excluding hydrogens is 556 g/mol.